The topological polar surface area (TPSA) is 78.4 Å². The molecule has 0 rings (SSSR count). The maximum atomic E-state index is 11.8. The molecule has 0 spiro atoms. The fourth-order valence-electron chi connectivity index (χ4n) is 1.02. The van der Waals surface area contributed by atoms with Gasteiger partial charge in [-0.2, -0.15) is 24.9 Å². The van der Waals surface area contributed by atoms with Crippen molar-refractivity contribution in [3.05, 3.63) is 0 Å². The van der Waals surface area contributed by atoms with Gasteiger partial charge in [-0.1, -0.05) is 0 Å². The smallest absolute Gasteiger partial charge is 0.390 e. The second-order valence-corrected chi connectivity index (χ2v) is 4.42. The molecule has 18 heavy (non-hydrogen) atoms. The highest BCUT2D eigenvalue weighted by Crippen LogP contribution is 2.18. The van der Waals surface area contributed by atoms with Crippen LogP contribution in [0.4, 0.5) is 18.0 Å². The monoisotopic (exact) mass is 288 g/mol. The highest BCUT2D eigenvalue weighted by molar-refractivity contribution is 7.98. The van der Waals surface area contributed by atoms with Gasteiger partial charge >= 0.3 is 18.2 Å². The zero-order valence-electron chi connectivity index (χ0n) is 9.71. The van der Waals surface area contributed by atoms with E-state index in [1.807, 2.05) is 5.32 Å². The Kier molecular flexibility index (Phi) is 7.56. The largest absolute Gasteiger partial charge is 0.480 e. The summed E-state index contributed by atoms with van der Waals surface area (Å²) in [5.74, 6) is -0.685. The molecular weight excluding hydrogens is 273 g/mol. The Morgan fingerprint density at radius 1 is 1.39 bits per heavy atom. The molecular formula is C9H15F3N2O3S. The van der Waals surface area contributed by atoms with Crippen molar-refractivity contribution in [2.24, 2.45) is 0 Å². The van der Waals surface area contributed by atoms with Crippen LogP contribution < -0.4 is 10.6 Å². The van der Waals surface area contributed by atoms with Crippen LogP contribution in [0.1, 0.15) is 12.8 Å². The summed E-state index contributed by atoms with van der Waals surface area (Å²) < 4.78 is 35.4. The quantitative estimate of drug-likeness (QED) is 0.662. The van der Waals surface area contributed by atoms with Crippen LogP contribution in [-0.2, 0) is 4.79 Å². The van der Waals surface area contributed by atoms with E-state index < -0.39 is 37.2 Å². The Labute approximate surface area is 106 Å². The standard InChI is InChI=1S/C9H15F3N2O3S/c1-18-5-2-6(7(15)16)14-8(17)13-4-3-9(10,11)12/h6H,2-5H2,1H3,(H,15,16)(H2,13,14,17)/t6-/m1/s1. The Balaban J connectivity index is 3.99. The number of hydrogen-bond acceptors (Lipinski definition) is 3. The predicted molar refractivity (Wildman–Crippen MR) is 61.6 cm³/mol. The number of thioether (sulfide) groups is 1. The third kappa shape index (κ3) is 8.97. The van der Waals surface area contributed by atoms with Gasteiger partial charge in [0.1, 0.15) is 6.04 Å². The Morgan fingerprint density at radius 3 is 2.44 bits per heavy atom. The van der Waals surface area contributed by atoms with Gasteiger partial charge in [-0.25, -0.2) is 9.59 Å². The summed E-state index contributed by atoms with van der Waals surface area (Å²) in [6.07, 6.45) is -3.51. The third-order valence-corrected chi connectivity index (χ3v) is 2.55. The molecule has 0 aliphatic heterocycles. The minimum Gasteiger partial charge on any atom is -0.480 e. The second kappa shape index (κ2) is 8.06. The van der Waals surface area contributed by atoms with Crippen LogP contribution in [0.15, 0.2) is 0 Å². The molecule has 1 atom stereocenters. The highest BCUT2D eigenvalue weighted by Gasteiger charge is 2.27. The van der Waals surface area contributed by atoms with Gasteiger partial charge in [-0.15, -0.1) is 0 Å². The van der Waals surface area contributed by atoms with E-state index in [4.69, 9.17) is 5.11 Å². The van der Waals surface area contributed by atoms with E-state index in [1.54, 1.807) is 6.26 Å². The number of aliphatic carboxylic acids is 1. The molecule has 106 valence electrons. The number of carbonyl (C=O) groups excluding carboxylic acids is 1. The van der Waals surface area contributed by atoms with Crippen LogP contribution in [0.2, 0.25) is 0 Å². The molecule has 0 bridgehead atoms. The van der Waals surface area contributed by atoms with Crippen molar-refractivity contribution in [2.45, 2.75) is 25.1 Å². The van der Waals surface area contributed by atoms with E-state index in [2.05, 4.69) is 5.32 Å². The predicted octanol–water partition coefficient (Wildman–Crippen LogP) is 1.44. The van der Waals surface area contributed by atoms with Crippen molar-refractivity contribution in [1.82, 2.24) is 10.6 Å². The van der Waals surface area contributed by atoms with E-state index in [1.165, 1.54) is 11.8 Å². The first-order valence-electron chi connectivity index (χ1n) is 5.09. The van der Waals surface area contributed by atoms with Crippen LogP contribution in [0, 0.1) is 0 Å². The number of carbonyl (C=O) groups is 2. The number of carboxylic acids is 1. The molecule has 0 aromatic rings. The molecule has 2 amide bonds. The molecule has 0 aliphatic carbocycles. The van der Waals surface area contributed by atoms with Gasteiger partial charge in [0.15, 0.2) is 0 Å². The summed E-state index contributed by atoms with van der Waals surface area (Å²) >= 11 is 1.41. The summed E-state index contributed by atoms with van der Waals surface area (Å²) in [4.78, 5) is 21.9. The lowest BCUT2D eigenvalue weighted by molar-refractivity contribution is -0.139. The molecule has 0 saturated carbocycles. The number of rotatable bonds is 7. The van der Waals surface area contributed by atoms with Crippen LogP contribution in [0.5, 0.6) is 0 Å². The molecule has 0 aromatic carbocycles. The number of hydrogen-bond donors (Lipinski definition) is 3. The van der Waals surface area contributed by atoms with Crippen molar-refractivity contribution in [3.8, 4) is 0 Å². The fraction of sp³-hybridized carbons (Fsp3) is 0.778. The van der Waals surface area contributed by atoms with E-state index in [-0.39, 0.29) is 6.42 Å². The summed E-state index contributed by atoms with van der Waals surface area (Å²) in [5, 5.41) is 12.8. The average molecular weight is 288 g/mol. The van der Waals surface area contributed by atoms with Crippen LogP contribution in [-0.4, -0.2) is 47.9 Å². The SMILES string of the molecule is CSCC[C@@H](NC(=O)NCCC(F)(F)F)C(=O)O. The van der Waals surface area contributed by atoms with Crippen LogP contribution in [0.25, 0.3) is 0 Å². The maximum absolute atomic E-state index is 11.8. The van der Waals surface area contributed by atoms with Crippen LogP contribution in [0.3, 0.4) is 0 Å². The van der Waals surface area contributed by atoms with Crippen LogP contribution >= 0.6 is 11.8 Å². The lowest BCUT2D eigenvalue weighted by atomic mass is 10.2. The van der Waals surface area contributed by atoms with Crippen molar-refractivity contribution in [1.29, 1.82) is 0 Å². The fourth-order valence-corrected chi connectivity index (χ4v) is 1.49. The molecule has 0 fully saturated rings. The lowest BCUT2D eigenvalue weighted by Crippen LogP contribution is -2.46. The number of halogens is 3. The van der Waals surface area contributed by atoms with Crippen molar-refractivity contribution in [3.63, 3.8) is 0 Å². The highest BCUT2D eigenvalue weighted by atomic mass is 32.2. The molecule has 0 aliphatic rings. The van der Waals surface area contributed by atoms with E-state index >= 15 is 0 Å². The van der Waals surface area contributed by atoms with Crippen molar-refractivity contribution < 1.29 is 27.9 Å². The Morgan fingerprint density at radius 2 is 2.00 bits per heavy atom. The van der Waals surface area contributed by atoms with Gasteiger partial charge in [0.25, 0.3) is 0 Å². The van der Waals surface area contributed by atoms with Crippen molar-refractivity contribution in [2.75, 3.05) is 18.6 Å². The summed E-state index contributed by atoms with van der Waals surface area (Å²) in [6, 6.07) is -2.00. The lowest BCUT2D eigenvalue weighted by Gasteiger charge is -2.15. The normalized spacial score (nSPS) is 12.9. The molecule has 0 saturated heterocycles. The van der Waals surface area contributed by atoms with Gasteiger partial charge in [0.05, 0.1) is 6.42 Å². The van der Waals surface area contributed by atoms with E-state index in [0.29, 0.717) is 5.75 Å². The van der Waals surface area contributed by atoms with E-state index in [9.17, 15) is 22.8 Å². The molecule has 5 nitrogen and oxygen atoms in total. The minimum atomic E-state index is -4.35. The zero-order chi connectivity index (χ0) is 14.2. The molecule has 9 heteroatoms. The Bertz CT molecular complexity index is 287. The number of amides is 2. The first-order chi connectivity index (χ1) is 8.26. The average Bonchev–Trinajstić information content (AvgIpc) is 2.21. The van der Waals surface area contributed by atoms with E-state index in [0.717, 1.165) is 0 Å². The minimum absolute atomic E-state index is 0.211. The second-order valence-electron chi connectivity index (χ2n) is 3.44. The number of carboxylic acid groups (broad SMARTS) is 1. The molecule has 0 aromatic heterocycles. The number of nitrogens with one attached hydrogen (secondary N) is 2. The van der Waals surface area contributed by atoms with Gasteiger partial charge < -0.3 is 15.7 Å². The van der Waals surface area contributed by atoms with Gasteiger partial charge in [-0.05, 0) is 18.4 Å². The summed E-state index contributed by atoms with van der Waals surface area (Å²) in [6.45, 7) is -0.579. The molecule has 3 N–H and O–H groups in total. The molecule has 0 heterocycles. The Hall–Kier alpha value is -1.12. The van der Waals surface area contributed by atoms with Crippen molar-refractivity contribution >= 4 is 23.8 Å². The number of urea groups is 1. The molecule has 0 unspecified atom stereocenters. The molecule has 0 radical (unpaired) electrons. The number of alkyl halides is 3. The summed E-state index contributed by atoms with van der Waals surface area (Å²) in [7, 11) is 0. The first-order valence-corrected chi connectivity index (χ1v) is 6.48. The summed E-state index contributed by atoms with van der Waals surface area (Å²) in [5.41, 5.74) is 0. The van der Waals surface area contributed by atoms with Gasteiger partial charge in [-0.3, -0.25) is 0 Å². The maximum Gasteiger partial charge on any atom is 0.390 e. The van der Waals surface area contributed by atoms with Gasteiger partial charge in [0, 0.05) is 6.54 Å². The zero-order valence-corrected chi connectivity index (χ0v) is 10.5. The third-order valence-electron chi connectivity index (χ3n) is 1.91. The van der Waals surface area contributed by atoms with Gasteiger partial charge in [0.2, 0.25) is 0 Å². The first kappa shape index (κ1) is 16.9.